The first-order valence-corrected chi connectivity index (χ1v) is 4.83. The highest BCUT2D eigenvalue weighted by molar-refractivity contribution is 5.80. The molecule has 0 bridgehead atoms. The number of carbonyl (C=O) groups excluding carboxylic acids is 3. The smallest absolute Gasteiger partial charge is 0.323 e. The molecule has 0 aromatic heterocycles. The Labute approximate surface area is 94.1 Å². The summed E-state index contributed by atoms with van der Waals surface area (Å²) in [5, 5.41) is 0. The van der Waals surface area contributed by atoms with Crippen LogP contribution in [-0.4, -0.2) is 37.5 Å². The second-order valence-corrected chi connectivity index (χ2v) is 3.59. The van der Waals surface area contributed by atoms with Gasteiger partial charge in [0.25, 0.3) is 0 Å². The van der Waals surface area contributed by atoms with Crippen molar-refractivity contribution in [3.8, 4) is 0 Å². The number of rotatable bonds is 6. The predicted molar refractivity (Wildman–Crippen MR) is 55.0 cm³/mol. The van der Waals surface area contributed by atoms with Gasteiger partial charge in [0, 0.05) is 0 Å². The maximum absolute atomic E-state index is 11.3. The first-order chi connectivity index (χ1) is 7.42. The monoisotopic (exact) mass is 230 g/mol. The van der Waals surface area contributed by atoms with Crippen LogP contribution in [-0.2, 0) is 23.9 Å². The molecule has 6 heteroatoms. The molecule has 0 aliphatic rings. The van der Waals surface area contributed by atoms with Crippen LogP contribution in [0.1, 0.15) is 20.3 Å². The Morgan fingerprint density at radius 2 is 1.94 bits per heavy atom. The van der Waals surface area contributed by atoms with Crippen LogP contribution < -0.4 is 5.73 Å². The topological polar surface area (TPSA) is 95.7 Å². The molecule has 0 saturated carbocycles. The van der Waals surface area contributed by atoms with E-state index in [1.807, 2.05) is 0 Å². The van der Waals surface area contributed by atoms with Crippen LogP contribution >= 0.6 is 0 Å². The van der Waals surface area contributed by atoms with Gasteiger partial charge in [0.1, 0.15) is 6.04 Å². The van der Waals surface area contributed by atoms with E-state index in [0.29, 0.717) is 0 Å². The summed E-state index contributed by atoms with van der Waals surface area (Å²) in [5.41, 5.74) is 5.51. The van der Waals surface area contributed by atoms with Crippen molar-refractivity contribution in [1.29, 1.82) is 0 Å². The third kappa shape index (κ3) is 4.88. The Hall–Kier alpha value is -1.43. The number of nitrogens with two attached hydrogens (primary N) is 1. The average Bonchev–Trinajstić information content (AvgIpc) is 2.26. The Bertz CT molecular complexity index is 264. The highest BCUT2D eigenvalue weighted by atomic mass is 16.6. The average molecular weight is 230 g/mol. The summed E-state index contributed by atoms with van der Waals surface area (Å²) >= 11 is 0. The summed E-state index contributed by atoms with van der Waals surface area (Å²) in [7, 11) is 1.17. The SMILES string of the molecule is COC(=O)CC([C]=O)OC(=O)C(N)C(C)C. The molecule has 2 unspecified atom stereocenters. The lowest BCUT2D eigenvalue weighted by Gasteiger charge is -2.16. The maximum Gasteiger partial charge on any atom is 0.323 e. The maximum atomic E-state index is 11.3. The summed E-state index contributed by atoms with van der Waals surface area (Å²) in [5.74, 6) is -1.50. The van der Waals surface area contributed by atoms with E-state index < -0.39 is 24.1 Å². The van der Waals surface area contributed by atoms with E-state index in [9.17, 15) is 14.4 Å². The van der Waals surface area contributed by atoms with Crippen molar-refractivity contribution in [2.75, 3.05) is 7.11 Å². The molecule has 91 valence electrons. The van der Waals surface area contributed by atoms with Crippen LogP contribution in [0.2, 0.25) is 0 Å². The first-order valence-electron chi connectivity index (χ1n) is 4.83. The van der Waals surface area contributed by atoms with Crippen LogP contribution in [0.3, 0.4) is 0 Å². The van der Waals surface area contributed by atoms with Gasteiger partial charge in [0.05, 0.1) is 13.5 Å². The predicted octanol–water partition coefficient (Wildman–Crippen LogP) is -0.446. The second kappa shape index (κ2) is 6.95. The normalized spacial score (nSPS) is 14.1. The molecule has 0 saturated heterocycles. The third-order valence-corrected chi connectivity index (χ3v) is 1.96. The minimum Gasteiger partial charge on any atom is -0.469 e. The minimum atomic E-state index is -1.26. The van der Waals surface area contributed by atoms with Crippen molar-refractivity contribution < 1.29 is 23.9 Å². The van der Waals surface area contributed by atoms with Gasteiger partial charge in [-0.1, -0.05) is 13.8 Å². The molecule has 0 spiro atoms. The lowest BCUT2D eigenvalue weighted by Crippen LogP contribution is -2.39. The largest absolute Gasteiger partial charge is 0.469 e. The summed E-state index contributed by atoms with van der Waals surface area (Å²) in [6.45, 7) is 3.48. The zero-order chi connectivity index (χ0) is 12.7. The van der Waals surface area contributed by atoms with Crippen molar-refractivity contribution in [2.24, 2.45) is 11.7 Å². The number of ether oxygens (including phenoxy) is 2. The van der Waals surface area contributed by atoms with Gasteiger partial charge >= 0.3 is 11.9 Å². The van der Waals surface area contributed by atoms with Gasteiger partial charge in [0.15, 0.2) is 6.10 Å². The number of hydrogen-bond donors (Lipinski definition) is 1. The molecule has 0 aliphatic heterocycles. The Morgan fingerprint density at radius 1 is 1.38 bits per heavy atom. The van der Waals surface area contributed by atoms with Gasteiger partial charge in [-0.3, -0.25) is 14.4 Å². The molecule has 16 heavy (non-hydrogen) atoms. The van der Waals surface area contributed by atoms with E-state index in [1.54, 1.807) is 13.8 Å². The second-order valence-electron chi connectivity index (χ2n) is 3.59. The van der Waals surface area contributed by atoms with E-state index >= 15 is 0 Å². The van der Waals surface area contributed by atoms with Crippen molar-refractivity contribution in [1.82, 2.24) is 0 Å². The molecule has 0 aromatic carbocycles. The van der Waals surface area contributed by atoms with Crippen LogP contribution in [0, 0.1) is 5.92 Å². The highest BCUT2D eigenvalue weighted by Gasteiger charge is 2.24. The molecule has 0 amide bonds. The minimum absolute atomic E-state index is 0.113. The van der Waals surface area contributed by atoms with Crippen molar-refractivity contribution >= 4 is 18.2 Å². The molecule has 0 aromatic rings. The fraction of sp³-hybridized carbons (Fsp3) is 0.700. The number of carbonyl (C=O) groups is 2. The molecule has 0 rings (SSSR count). The van der Waals surface area contributed by atoms with E-state index in [-0.39, 0.29) is 12.3 Å². The molecule has 2 atom stereocenters. The highest BCUT2D eigenvalue weighted by Crippen LogP contribution is 2.04. The van der Waals surface area contributed by atoms with Gasteiger partial charge in [-0.15, -0.1) is 0 Å². The zero-order valence-corrected chi connectivity index (χ0v) is 9.56. The lowest BCUT2D eigenvalue weighted by molar-refractivity contribution is -0.152. The molecular formula is C10H16NO5. The van der Waals surface area contributed by atoms with E-state index in [2.05, 4.69) is 4.74 Å². The fourth-order valence-electron chi connectivity index (χ4n) is 0.833. The van der Waals surface area contributed by atoms with Gasteiger partial charge in [-0.25, -0.2) is 0 Å². The molecule has 0 heterocycles. The standard InChI is InChI=1S/C10H16NO5/c1-6(2)9(11)10(14)16-7(5-12)4-8(13)15-3/h6-7,9H,4,11H2,1-3H3. The van der Waals surface area contributed by atoms with Crippen LogP contribution in [0.15, 0.2) is 0 Å². The zero-order valence-electron chi connectivity index (χ0n) is 9.56. The van der Waals surface area contributed by atoms with Gasteiger partial charge in [-0.05, 0) is 5.92 Å². The van der Waals surface area contributed by atoms with Crippen molar-refractivity contribution in [3.05, 3.63) is 0 Å². The fourth-order valence-corrected chi connectivity index (χ4v) is 0.833. The number of hydrogen-bond acceptors (Lipinski definition) is 6. The van der Waals surface area contributed by atoms with Crippen LogP contribution in [0.4, 0.5) is 0 Å². The first kappa shape index (κ1) is 14.6. The molecule has 0 aliphatic carbocycles. The summed E-state index contributed by atoms with van der Waals surface area (Å²) in [4.78, 5) is 32.6. The van der Waals surface area contributed by atoms with Crippen LogP contribution in [0.5, 0.6) is 0 Å². The molecule has 1 radical (unpaired) electrons. The quantitative estimate of drug-likeness (QED) is 0.621. The Morgan fingerprint density at radius 3 is 2.31 bits per heavy atom. The van der Waals surface area contributed by atoms with E-state index in [0.717, 1.165) is 0 Å². The van der Waals surface area contributed by atoms with Crippen LogP contribution in [0.25, 0.3) is 0 Å². The molecule has 2 N–H and O–H groups in total. The van der Waals surface area contributed by atoms with Gasteiger partial charge in [0.2, 0.25) is 6.29 Å². The summed E-state index contributed by atoms with van der Waals surface area (Å²) in [6.07, 6.45) is -0.168. The Balaban J connectivity index is 4.27. The number of esters is 2. The van der Waals surface area contributed by atoms with E-state index in [1.165, 1.54) is 13.4 Å². The number of methoxy groups -OCH3 is 1. The van der Waals surface area contributed by atoms with Gasteiger partial charge in [-0.2, -0.15) is 0 Å². The summed E-state index contributed by atoms with van der Waals surface area (Å²) in [6, 6.07) is -0.825. The summed E-state index contributed by atoms with van der Waals surface area (Å²) < 4.78 is 9.04. The molecule has 6 nitrogen and oxygen atoms in total. The van der Waals surface area contributed by atoms with Crippen molar-refractivity contribution in [3.63, 3.8) is 0 Å². The molecule has 0 fully saturated rings. The third-order valence-electron chi connectivity index (χ3n) is 1.96. The van der Waals surface area contributed by atoms with Gasteiger partial charge < -0.3 is 15.2 Å². The van der Waals surface area contributed by atoms with E-state index in [4.69, 9.17) is 10.5 Å². The lowest BCUT2D eigenvalue weighted by atomic mass is 10.1. The van der Waals surface area contributed by atoms with Crippen molar-refractivity contribution in [2.45, 2.75) is 32.4 Å². The Kier molecular flexibility index (Phi) is 6.32. The molecular weight excluding hydrogens is 214 g/mol.